The first kappa shape index (κ1) is 11.8. The minimum atomic E-state index is -4.44. The average molecular weight is 244 g/mol. The van der Waals surface area contributed by atoms with Crippen LogP contribution in [0.25, 0.3) is 6.08 Å². The van der Waals surface area contributed by atoms with Gasteiger partial charge in [-0.3, -0.25) is 0 Å². The highest BCUT2D eigenvalue weighted by Crippen LogP contribution is 2.36. The number of aromatic hydroxyl groups is 1. The first-order valence-corrected chi connectivity index (χ1v) is 5.19. The van der Waals surface area contributed by atoms with Gasteiger partial charge in [0.05, 0.1) is 0 Å². The highest BCUT2D eigenvalue weighted by atomic mass is 19.4. The number of ether oxygens (including phenoxy) is 1. The summed E-state index contributed by atoms with van der Waals surface area (Å²) in [6, 6.07) is 2.87. The van der Waals surface area contributed by atoms with E-state index in [1.54, 1.807) is 6.07 Å². The van der Waals surface area contributed by atoms with E-state index in [4.69, 9.17) is 4.74 Å². The van der Waals surface area contributed by atoms with Crippen LogP contribution in [-0.4, -0.2) is 17.4 Å². The zero-order valence-corrected chi connectivity index (χ0v) is 9.08. The summed E-state index contributed by atoms with van der Waals surface area (Å²) in [6.45, 7) is 1.85. The van der Waals surface area contributed by atoms with Crippen LogP contribution in [0.2, 0.25) is 0 Å². The van der Waals surface area contributed by atoms with E-state index in [1.165, 1.54) is 12.1 Å². The molecule has 0 spiro atoms. The second-order valence-electron chi connectivity index (χ2n) is 3.81. The average Bonchev–Trinajstić information content (AvgIpc) is 2.26. The molecular formula is C12H11F3O2. The monoisotopic (exact) mass is 244 g/mol. The van der Waals surface area contributed by atoms with Gasteiger partial charge in [0.1, 0.15) is 11.5 Å². The van der Waals surface area contributed by atoms with Crippen LogP contribution < -0.4 is 4.74 Å². The Hall–Kier alpha value is -1.65. The van der Waals surface area contributed by atoms with Gasteiger partial charge in [-0.25, -0.2) is 0 Å². The Morgan fingerprint density at radius 1 is 1.35 bits per heavy atom. The molecule has 1 heterocycles. The van der Waals surface area contributed by atoms with E-state index in [2.05, 4.69) is 0 Å². The van der Waals surface area contributed by atoms with E-state index in [9.17, 15) is 18.3 Å². The lowest BCUT2D eigenvalue weighted by Crippen LogP contribution is -2.33. The van der Waals surface area contributed by atoms with E-state index in [-0.39, 0.29) is 11.5 Å². The van der Waals surface area contributed by atoms with Gasteiger partial charge in [0.2, 0.25) is 6.10 Å². The van der Waals surface area contributed by atoms with E-state index in [1.807, 2.05) is 6.92 Å². The van der Waals surface area contributed by atoms with Crippen LogP contribution >= 0.6 is 0 Å². The Morgan fingerprint density at radius 2 is 2.06 bits per heavy atom. The van der Waals surface area contributed by atoms with Crippen LogP contribution in [0.1, 0.15) is 18.1 Å². The molecule has 92 valence electrons. The summed E-state index contributed by atoms with van der Waals surface area (Å²) in [5.74, 6) is 0.0204. The van der Waals surface area contributed by atoms with Crippen molar-refractivity contribution in [3.05, 3.63) is 29.3 Å². The third-order valence-electron chi connectivity index (χ3n) is 2.62. The molecule has 0 bridgehead atoms. The maximum Gasteiger partial charge on any atom is 0.429 e. The predicted octanol–water partition coefficient (Wildman–Crippen LogP) is 3.29. The maximum atomic E-state index is 12.4. The number of hydrogen-bond acceptors (Lipinski definition) is 2. The molecule has 1 unspecified atom stereocenters. The Labute approximate surface area is 96.3 Å². The molecule has 1 atom stereocenters. The Kier molecular flexibility index (Phi) is 2.77. The van der Waals surface area contributed by atoms with Crippen molar-refractivity contribution < 1.29 is 23.0 Å². The largest absolute Gasteiger partial charge is 0.508 e. The van der Waals surface area contributed by atoms with Crippen molar-refractivity contribution in [3.63, 3.8) is 0 Å². The number of alkyl halides is 3. The summed E-state index contributed by atoms with van der Waals surface area (Å²) in [4.78, 5) is 0. The number of halogens is 3. The fraction of sp³-hybridized carbons (Fsp3) is 0.333. The first-order valence-electron chi connectivity index (χ1n) is 5.19. The number of aryl methyl sites for hydroxylation is 1. The van der Waals surface area contributed by atoms with E-state index in [0.717, 1.165) is 6.08 Å². The molecule has 0 radical (unpaired) electrons. The summed E-state index contributed by atoms with van der Waals surface area (Å²) in [7, 11) is 0. The van der Waals surface area contributed by atoms with Crippen LogP contribution in [0.3, 0.4) is 0 Å². The van der Waals surface area contributed by atoms with Gasteiger partial charge < -0.3 is 9.84 Å². The molecule has 5 heteroatoms. The molecule has 0 fully saturated rings. The van der Waals surface area contributed by atoms with Gasteiger partial charge in [-0.05, 0) is 24.1 Å². The normalized spacial score (nSPS) is 18.7. The van der Waals surface area contributed by atoms with Crippen LogP contribution in [0.5, 0.6) is 11.5 Å². The van der Waals surface area contributed by atoms with E-state index in [0.29, 0.717) is 17.5 Å². The number of rotatable bonds is 1. The van der Waals surface area contributed by atoms with Crippen molar-refractivity contribution in [2.24, 2.45) is 0 Å². The molecule has 17 heavy (non-hydrogen) atoms. The lowest BCUT2D eigenvalue weighted by molar-refractivity contribution is -0.180. The topological polar surface area (TPSA) is 29.5 Å². The van der Waals surface area contributed by atoms with Gasteiger partial charge in [-0.15, -0.1) is 0 Å². The molecule has 2 rings (SSSR count). The molecule has 1 aliphatic rings. The van der Waals surface area contributed by atoms with Crippen molar-refractivity contribution >= 4 is 6.08 Å². The Morgan fingerprint density at radius 3 is 2.65 bits per heavy atom. The van der Waals surface area contributed by atoms with Crippen molar-refractivity contribution in [2.75, 3.05) is 0 Å². The zero-order chi connectivity index (χ0) is 12.6. The smallest absolute Gasteiger partial charge is 0.429 e. The summed E-state index contributed by atoms with van der Waals surface area (Å²) >= 11 is 0. The maximum absolute atomic E-state index is 12.4. The summed E-state index contributed by atoms with van der Waals surface area (Å²) in [6.07, 6.45) is -3.43. The van der Waals surface area contributed by atoms with E-state index < -0.39 is 12.3 Å². The number of hydrogen-bond donors (Lipinski definition) is 1. The molecule has 0 aliphatic carbocycles. The SMILES string of the molecule is CCc1cc2c(cc1O)OC(C(F)(F)F)C=C2. The fourth-order valence-corrected chi connectivity index (χ4v) is 1.69. The molecule has 1 aliphatic heterocycles. The number of phenolic OH excluding ortho intramolecular Hbond substituents is 1. The van der Waals surface area contributed by atoms with Crippen molar-refractivity contribution in [1.82, 2.24) is 0 Å². The second kappa shape index (κ2) is 3.98. The van der Waals surface area contributed by atoms with Crippen molar-refractivity contribution in [1.29, 1.82) is 0 Å². The second-order valence-corrected chi connectivity index (χ2v) is 3.81. The Balaban J connectivity index is 2.37. The summed E-state index contributed by atoms with van der Waals surface area (Å²) in [5, 5.41) is 9.57. The number of benzene rings is 1. The third-order valence-corrected chi connectivity index (χ3v) is 2.62. The van der Waals surface area contributed by atoms with Gasteiger partial charge in [0.25, 0.3) is 0 Å². The molecule has 0 saturated heterocycles. The third kappa shape index (κ3) is 2.23. The standard InChI is InChI=1S/C12H11F3O2/c1-2-7-5-8-3-4-11(12(13,14)15)17-10(8)6-9(7)16/h3-6,11,16H,2H2,1H3. The molecule has 0 amide bonds. The highest BCUT2D eigenvalue weighted by Gasteiger charge is 2.41. The van der Waals surface area contributed by atoms with Crippen molar-refractivity contribution in [3.8, 4) is 11.5 Å². The van der Waals surface area contributed by atoms with Gasteiger partial charge in [-0.1, -0.05) is 13.0 Å². The Bertz CT molecular complexity index is 464. The van der Waals surface area contributed by atoms with Gasteiger partial charge in [0, 0.05) is 11.6 Å². The quantitative estimate of drug-likeness (QED) is 0.821. The molecule has 0 aromatic heterocycles. The molecule has 2 nitrogen and oxygen atoms in total. The van der Waals surface area contributed by atoms with Crippen LogP contribution in [0.15, 0.2) is 18.2 Å². The van der Waals surface area contributed by atoms with E-state index >= 15 is 0 Å². The minimum Gasteiger partial charge on any atom is -0.508 e. The summed E-state index contributed by atoms with van der Waals surface area (Å²) < 4.78 is 42.1. The van der Waals surface area contributed by atoms with Crippen LogP contribution in [0.4, 0.5) is 13.2 Å². The van der Waals surface area contributed by atoms with Crippen LogP contribution in [0, 0.1) is 0 Å². The molecule has 0 saturated carbocycles. The molecule has 1 aromatic rings. The minimum absolute atomic E-state index is 0.0394. The molecule has 1 N–H and O–H groups in total. The summed E-state index contributed by atoms with van der Waals surface area (Å²) in [5.41, 5.74) is 1.24. The van der Waals surface area contributed by atoms with Gasteiger partial charge >= 0.3 is 6.18 Å². The highest BCUT2D eigenvalue weighted by molar-refractivity contribution is 5.63. The predicted molar refractivity (Wildman–Crippen MR) is 57.0 cm³/mol. The van der Waals surface area contributed by atoms with Crippen LogP contribution in [-0.2, 0) is 6.42 Å². The molecular weight excluding hydrogens is 233 g/mol. The first-order chi connectivity index (χ1) is 7.91. The number of fused-ring (bicyclic) bond motifs is 1. The zero-order valence-electron chi connectivity index (χ0n) is 9.08. The lowest BCUT2D eigenvalue weighted by atomic mass is 10.0. The lowest BCUT2D eigenvalue weighted by Gasteiger charge is -2.24. The fourth-order valence-electron chi connectivity index (χ4n) is 1.69. The van der Waals surface area contributed by atoms with Gasteiger partial charge in [-0.2, -0.15) is 13.2 Å². The van der Waals surface area contributed by atoms with Gasteiger partial charge in [0.15, 0.2) is 0 Å². The number of phenols is 1. The van der Waals surface area contributed by atoms with Crippen molar-refractivity contribution in [2.45, 2.75) is 25.6 Å². The molecule has 1 aromatic carbocycles.